The van der Waals surface area contributed by atoms with Gasteiger partial charge in [-0.15, -0.1) is 11.8 Å². The van der Waals surface area contributed by atoms with Crippen LogP contribution in [0.1, 0.15) is 12.0 Å². The third kappa shape index (κ3) is 4.02. The zero-order valence-corrected chi connectivity index (χ0v) is 14.7. The lowest BCUT2D eigenvalue weighted by atomic mass is 10.1. The number of rotatable bonds is 5. The maximum absolute atomic E-state index is 13.0. The summed E-state index contributed by atoms with van der Waals surface area (Å²) in [5.41, 5.74) is 1.61. The molecule has 1 heterocycles. The number of nitrogens with one attached hydrogen (secondary N) is 1. The lowest BCUT2D eigenvalue weighted by molar-refractivity contribution is -0.132. The molecule has 25 heavy (non-hydrogen) atoms. The van der Waals surface area contributed by atoms with E-state index >= 15 is 0 Å². The zero-order chi connectivity index (χ0) is 17.8. The number of benzene rings is 2. The molecule has 4 nitrogen and oxygen atoms in total. The number of anilines is 1. The summed E-state index contributed by atoms with van der Waals surface area (Å²) < 4.78 is 13.0. The average Bonchev–Trinajstić information content (AvgIpc) is 3.02. The maximum Gasteiger partial charge on any atom is 0.239 e. The summed E-state index contributed by atoms with van der Waals surface area (Å²) in [6.07, 6.45) is 2.48. The Morgan fingerprint density at radius 2 is 1.88 bits per heavy atom. The minimum absolute atomic E-state index is 0.234. The minimum atomic E-state index is -0.685. The first-order chi connectivity index (χ1) is 12.1. The zero-order valence-electron chi connectivity index (χ0n) is 13.9. The molecule has 0 spiro atoms. The molecule has 0 radical (unpaired) electrons. The van der Waals surface area contributed by atoms with Gasteiger partial charge in [0.25, 0.3) is 0 Å². The summed E-state index contributed by atoms with van der Waals surface area (Å²) in [5, 5.41) is 2.84. The Labute approximate surface area is 150 Å². The van der Waals surface area contributed by atoms with Gasteiger partial charge >= 0.3 is 0 Å². The normalized spacial score (nSPS) is 17.0. The number of nitrogens with zero attached hydrogens (tertiary/aromatic N) is 1. The van der Waals surface area contributed by atoms with Crippen LogP contribution in [-0.4, -0.2) is 24.6 Å². The fraction of sp³-hybridized carbons (Fsp3) is 0.263. The fourth-order valence-electron chi connectivity index (χ4n) is 2.86. The third-order valence-electron chi connectivity index (χ3n) is 4.29. The van der Waals surface area contributed by atoms with E-state index in [1.807, 2.05) is 30.5 Å². The quantitative estimate of drug-likeness (QED) is 0.660. The van der Waals surface area contributed by atoms with Crippen LogP contribution in [-0.2, 0) is 16.1 Å². The van der Waals surface area contributed by atoms with Crippen LogP contribution in [0, 0.1) is 11.7 Å². The molecular weight excluding hydrogens is 339 g/mol. The highest BCUT2D eigenvalue weighted by molar-refractivity contribution is 7.98. The summed E-state index contributed by atoms with van der Waals surface area (Å²) in [6, 6.07) is 13.7. The van der Waals surface area contributed by atoms with Gasteiger partial charge in [-0.2, -0.15) is 0 Å². The number of hydrogen-bond acceptors (Lipinski definition) is 3. The van der Waals surface area contributed by atoms with Crippen LogP contribution in [0.25, 0.3) is 0 Å². The van der Waals surface area contributed by atoms with E-state index in [4.69, 9.17) is 0 Å². The molecule has 2 aromatic carbocycles. The Hall–Kier alpha value is -2.34. The Morgan fingerprint density at radius 3 is 2.52 bits per heavy atom. The standard InChI is InChI=1S/C19H19FN2O2S/c1-25-16-8-2-13(3-9-16)12-21-18(23)17-10-11-22(19(17)24)15-6-4-14(20)5-7-15/h2-9,17H,10-12H2,1H3,(H,21,23). The molecule has 0 aromatic heterocycles. The number of carbonyl (C=O) groups is 2. The van der Waals surface area contributed by atoms with Crippen molar-refractivity contribution in [1.82, 2.24) is 5.32 Å². The first-order valence-electron chi connectivity index (χ1n) is 8.06. The summed E-state index contributed by atoms with van der Waals surface area (Å²) >= 11 is 1.66. The van der Waals surface area contributed by atoms with E-state index in [0.29, 0.717) is 25.2 Å². The van der Waals surface area contributed by atoms with Gasteiger partial charge in [0.1, 0.15) is 11.7 Å². The highest BCUT2D eigenvalue weighted by Gasteiger charge is 2.37. The van der Waals surface area contributed by atoms with Crippen LogP contribution < -0.4 is 10.2 Å². The molecule has 1 unspecified atom stereocenters. The van der Waals surface area contributed by atoms with E-state index in [1.54, 1.807) is 23.9 Å². The second kappa shape index (κ2) is 7.70. The third-order valence-corrected chi connectivity index (χ3v) is 5.03. The molecule has 0 saturated carbocycles. The molecule has 2 aromatic rings. The van der Waals surface area contributed by atoms with E-state index in [9.17, 15) is 14.0 Å². The predicted molar refractivity (Wildman–Crippen MR) is 96.9 cm³/mol. The van der Waals surface area contributed by atoms with Crippen LogP contribution >= 0.6 is 11.8 Å². The number of thioether (sulfide) groups is 1. The van der Waals surface area contributed by atoms with Crippen molar-refractivity contribution in [2.24, 2.45) is 5.92 Å². The molecule has 130 valence electrons. The van der Waals surface area contributed by atoms with Crippen molar-refractivity contribution in [3.05, 3.63) is 59.9 Å². The van der Waals surface area contributed by atoms with Gasteiger partial charge < -0.3 is 10.2 Å². The van der Waals surface area contributed by atoms with Gasteiger partial charge in [0.2, 0.25) is 11.8 Å². The van der Waals surface area contributed by atoms with Crippen molar-refractivity contribution < 1.29 is 14.0 Å². The molecule has 1 saturated heterocycles. The molecule has 1 fully saturated rings. The minimum Gasteiger partial charge on any atom is -0.351 e. The average molecular weight is 358 g/mol. The van der Waals surface area contributed by atoms with Gasteiger partial charge in [0.15, 0.2) is 0 Å². The van der Waals surface area contributed by atoms with Crippen LogP contribution in [0.2, 0.25) is 0 Å². The van der Waals surface area contributed by atoms with Gasteiger partial charge in [0.05, 0.1) is 0 Å². The van der Waals surface area contributed by atoms with E-state index in [0.717, 1.165) is 10.5 Å². The highest BCUT2D eigenvalue weighted by Crippen LogP contribution is 2.25. The number of halogens is 1. The van der Waals surface area contributed by atoms with E-state index < -0.39 is 5.92 Å². The predicted octanol–water partition coefficient (Wildman–Crippen LogP) is 3.22. The summed E-state index contributed by atoms with van der Waals surface area (Å²) in [6.45, 7) is 0.860. The van der Waals surface area contributed by atoms with Crippen LogP contribution in [0.15, 0.2) is 53.4 Å². The molecule has 0 bridgehead atoms. The monoisotopic (exact) mass is 358 g/mol. The number of hydrogen-bond donors (Lipinski definition) is 1. The molecular formula is C19H19FN2O2S. The van der Waals surface area contributed by atoms with Gasteiger partial charge in [-0.3, -0.25) is 9.59 Å². The van der Waals surface area contributed by atoms with Crippen molar-refractivity contribution in [1.29, 1.82) is 0 Å². The fourth-order valence-corrected chi connectivity index (χ4v) is 3.26. The van der Waals surface area contributed by atoms with Gasteiger partial charge in [-0.25, -0.2) is 4.39 Å². The molecule has 0 aliphatic carbocycles. The smallest absolute Gasteiger partial charge is 0.239 e. The van der Waals surface area contributed by atoms with Gasteiger partial charge in [0, 0.05) is 23.7 Å². The van der Waals surface area contributed by atoms with Crippen molar-refractivity contribution in [3.8, 4) is 0 Å². The number of carbonyl (C=O) groups excluding carboxylic acids is 2. The number of amides is 2. The second-order valence-electron chi connectivity index (χ2n) is 5.87. The van der Waals surface area contributed by atoms with Gasteiger partial charge in [-0.05, 0) is 54.6 Å². The lowest BCUT2D eigenvalue weighted by Crippen LogP contribution is -2.36. The Bertz CT molecular complexity index is 762. The summed E-state index contributed by atoms with van der Waals surface area (Å²) in [4.78, 5) is 27.6. The molecule has 1 aliphatic rings. The maximum atomic E-state index is 13.0. The summed E-state index contributed by atoms with van der Waals surface area (Å²) in [5.74, 6) is -1.53. The van der Waals surface area contributed by atoms with Crippen molar-refractivity contribution in [2.75, 3.05) is 17.7 Å². The van der Waals surface area contributed by atoms with Crippen molar-refractivity contribution in [3.63, 3.8) is 0 Å². The first-order valence-corrected chi connectivity index (χ1v) is 9.28. The molecule has 1 atom stereocenters. The Morgan fingerprint density at radius 1 is 1.20 bits per heavy atom. The SMILES string of the molecule is CSc1ccc(CNC(=O)C2CCN(c3ccc(F)cc3)C2=O)cc1. The molecule has 6 heteroatoms. The van der Waals surface area contributed by atoms with Crippen LogP contribution in [0.5, 0.6) is 0 Å². The highest BCUT2D eigenvalue weighted by atomic mass is 32.2. The van der Waals surface area contributed by atoms with E-state index in [-0.39, 0.29) is 17.6 Å². The molecule has 1 aliphatic heterocycles. The van der Waals surface area contributed by atoms with Crippen molar-refractivity contribution in [2.45, 2.75) is 17.9 Å². The van der Waals surface area contributed by atoms with Gasteiger partial charge in [-0.1, -0.05) is 12.1 Å². The van der Waals surface area contributed by atoms with Crippen molar-refractivity contribution >= 4 is 29.3 Å². The largest absolute Gasteiger partial charge is 0.351 e. The molecule has 3 rings (SSSR count). The summed E-state index contributed by atoms with van der Waals surface area (Å²) in [7, 11) is 0. The topological polar surface area (TPSA) is 49.4 Å². The van der Waals surface area contributed by atoms with Crippen LogP contribution in [0.3, 0.4) is 0 Å². The van der Waals surface area contributed by atoms with E-state index in [1.165, 1.54) is 17.0 Å². The Kier molecular flexibility index (Phi) is 5.38. The molecule has 1 N–H and O–H groups in total. The van der Waals surface area contributed by atoms with Crippen LogP contribution in [0.4, 0.5) is 10.1 Å². The second-order valence-corrected chi connectivity index (χ2v) is 6.75. The first kappa shape index (κ1) is 17.5. The Balaban J connectivity index is 1.59. The van der Waals surface area contributed by atoms with E-state index in [2.05, 4.69) is 5.32 Å². The molecule has 2 amide bonds. The lowest BCUT2D eigenvalue weighted by Gasteiger charge is -2.16.